The van der Waals surface area contributed by atoms with Crippen LogP contribution in [-0.2, 0) is 14.6 Å². The van der Waals surface area contributed by atoms with Crippen molar-refractivity contribution in [2.75, 3.05) is 16.4 Å². The molecule has 0 bridgehead atoms. The Labute approximate surface area is 113 Å². The Morgan fingerprint density at radius 2 is 1.95 bits per heavy atom. The molecular formula is C14H17NO3S. The van der Waals surface area contributed by atoms with Gasteiger partial charge in [-0.3, -0.25) is 4.79 Å². The minimum Gasteiger partial charge on any atom is -0.308 e. The summed E-state index contributed by atoms with van der Waals surface area (Å²) < 4.78 is 23.5. The van der Waals surface area contributed by atoms with Crippen LogP contribution in [0.1, 0.15) is 17.5 Å². The van der Waals surface area contributed by atoms with Crippen molar-refractivity contribution < 1.29 is 13.2 Å². The molecule has 4 nitrogen and oxygen atoms in total. The zero-order chi connectivity index (χ0) is 13.8. The van der Waals surface area contributed by atoms with E-state index in [2.05, 4.69) is 0 Å². The van der Waals surface area contributed by atoms with Gasteiger partial charge in [0.2, 0.25) is 5.91 Å². The molecule has 0 N–H and O–H groups in total. The van der Waals surface area contributed by atoms with Gasteiger partial charge in [0.1, 0.15) is 0 Å². The Kier molecular flexibility index (Phi) is 2.71. The average Bonchev–Trinajstić information content (AvgIpc) is 2.73. The van der Waals surface area contributed by atoms with Crippen LogP contribution in [0.2, 0.25) is 0 Å². The molecule has 2 fully saturated rings. The molecule has 1 aromatic carbocycles. The highest BCUT2D eigenvalue weighted by molar-refractivity contribution is 7.91. The molecule has 0 radical (unpaired) electrons. The summed E-state index contributed by atoms with van der Waals surface area (Å²) in [4.78, 5) is 13.9. The molecule has 3 rings (SSSR count). The Balaban J connectivity index is 2.05. The maximum absolute atomic E-state index is 12.2. The van der Waals surface area contributed by atoms with Gasteiger partial charge in [0, 0.05) is 18.0 Å². The van der Waals surface area contributed by atoms with Crippen LogP contribution in [0.5, 0.6) is 0 Å². The first-order valence-corrected chi connectivity index (χ1v) is 8.30. The lowest BCUT2D eigenvalue weighted by Gasteiger charge is -2.25. The largest absolute Gasteiger partial charge is 0.308 e. The van der Waals surface area contributed by atoms with E-state index in [0.717, 1.165) is 16.8 Å². The summed E-state index contributed by atoms with van der Waals surface area (Å²) in [5, 5.41) is 0. The SMILES string of the molecule is Cc1cccc(N2C(=O)CC3CS(=O)(=O)CC32)c1C. The van der Waals surface area contributed by atoms with Gasteiger partial charge in [-0.05, 0) is 31.0 Å². The van der Waals surface area contributed by atoms with Crippen molar-refractivity contribution in [3.8, 4) is 0 Å². The number of fused-ring (bicyclic) bond motifs is 1. The van der Waals surface area contributed by atoms with E-state index in [4.69, 9.17) is 0 Å². The second kappa shape index (κ2) is 4.07. The van der Waals surface area contributed by atoms with Gasteiger partial charge in [-0.1, -0.05) is 12.1 Å². The number of carbonyl (C=O) groups is 1. The molecule has 0 saturated carbocycles. The first-order valence-electron chi connectivity index (χ1n) is 6.48. The number of rotatable bonds is 1. The van der Waals surface area contributed by atoms with Gasteiger partial charge in [0.05, 0.1) is 17.5 Å². The number of anilines is 1. The molecular weight excluding hydrogens is 262 g/mol. The van der Waals surface area contributed by atoms with Crippen LogP contribution in [0.4, 0.5) is 5.69 Å². The van der Waals surface area contributed by atoms with Crippen LogP contribution in [0, 0.1) is 19.8 Å². The maximum Gasteiger partial charge on any atom is 0.227 e. The molecule has 2 unspecified atom stereocenters. The van der Waals surface area contributed by atoms with Crippen LogP contribution in [0.25, 0.3) is 0 Å². The lowest BCUT2D eigenvalue weighted by atomic mass is 10.0. The fourth-order valence-electron chi connectivity index (χ4n) is 3.20. The van der Waals surface area contributed by atoms with Gasteiger partial charge in [0.15, 0.2) is 9.84 Å². The summed E-state index contributed by atoms with van der Waals surface area (Å²) in [6.45, 7) is 3.98. The fraction of sp³-hybridized carbons (Fsp3) is 0.500. The average molecular weight is 279 g/mol. The number of carbonyl (C=O) groups excluding carboxylic acids is 1. The predicted molar refractivity (Wildman–Crippen MR) is 74.0 cm³/mol. The topological polar surface area (TPSA) is 54.5 Å². The van der Waals surface area contributed by atoms with Crippen LogP contribution in [0.3, 0.4) is 0 Å². The first kappa shape index (κ1) is 12.7. The van der Waals surface area contributed by atoms with E-state index in [-0.39, 0.29) is 29.4 Å². The summed E-state index contributed by atoms with van der Waals surface area (Å²) in [5.74, 6) is 0.290. The summed E-state index contributed by atoms with van der Waals surface area (Å²) in [6, 6.07) is 5.66. The fourth-order valence-corrected chi connectivity index (χ4v) is 5.27. The minimum absolute atomic E-state index is 0.0302. The van der Waals surface area contributed by atoms with E-state index >= 15 is 0 Å². The van der Waals surface area contributed by atoms with Crippen molar-refractivity contribution in [3.63, 3.8) is 0 Å². The molecule has 2 heterocycles. The Morgan fingerprint density at radius 1 is 1.21 bits per heavy atom. The maximum atomic E-state index is 12.2. The van der Waals surface area contributed by atoms with Crippen LogP contribution in [-0.4, -0.2) is 31.9 Å². The van der Waals surface area contributed by atoms with Crippen molar-refractivity contribution >= 4 is 21.4 Å². The van der Waals surface area contributed by atoms with E-state index in [0.29, 0.717) is 6.42 Å². The van der Waals surface area contributed by atoms with Crippen LogP contribution in [0.15, 0.2) is 18.2 Å². The summed E-state index contributed by atoms with van der Waals surface area (Å²) in [5.41, 5.74) is 3.05. The third-order valence-corrected chi connectivity index (χ3v) is 6.09. The van der Waals surface area contributed by atoms with Crippen LogP contribution < -0.4 is 4.90 Å². The van der Waals surface area contributed by atoms with Gasteiger partial charge in [0.25, 0.3) is 0 Å². The van der Waals surface area contributed by atoms with E-state index in [1.807, 2.05) is 32.0 Å². The predicted octanol–water partition coefficient (Wildman–Crippen LogP) is 1.45. The third kappa shape index (κ3) is 1.96. The summed E-state index contributed by atoms with van der Waals surface area (Å²) in [6.07, 6.45) is 0.358. The normalized spacial score (nSPS) is 28.7. The number of sulfone groups is 1. The number of hydrogen-bond donors (Lipinski definition) is 0. The van der Waals surface area contributed by atoms with Gasteiger partial charge in [-0.2, -0.15) is 0 Å². The standard InChI is InChI=1S/C14H17NO3S/c1-9-4-3-5-12(10(9)2)15-13-8-19(17,18)7-11(13)6-14(15)16/h3-5,11,13H,6-8H2,1-2H3. The molecule has 0 aliphatic carbocycles. The van der Waals surface area contributed by atoms with Crippen molar-refractivity contribution in [2.45, 2.75) is 26.3 Å². The van der Waals surface area contributed by atoms with Crippen molar-refractivity contribution in [1.82, 2.24) is 0 Å². The van der Waals surface area contributed by atoms with Crippen LogP contribution >= 0.6 is 0 Å². The van der Waals surface area contributed by atoms with E-state index < -0.39 is 9.84 Å². The molecule has 1 aromatic rings. The van der Waals surface area contributed by atoms with Gasteiger partial charge in [-0.15, -0.1) is 0 Å². The Hall–Kier alpha value is -1.36. The van der Waals surface area contributed by atoms with Crippen molar-refractivity contribution in [3.05, 3.63) is 29.3 Å². The smallest absolute Gasteiger partial charge is 0.227 e. The molecule has 1 amide bonds. The Morgan fingerprint density at radius 3 is 2.68 bits per heavy atom. The van der Waals surface area contributed by atoms with Gasteiger partial charge < -0.3 is 4.90 Å². The van der Waals surface area contributed by atoms with E-state index in [1.165, 1.54) is 0 Å². The quantitative estimate of drug-likeness (QED) is 0.782. The van der Waals surface area contributed by atoms with E-state index in [1.54, 1.807) is 4.90 Å². The van der Waals surface area contributed by atoms with Gasteiger partial charge >= 0.3 is 0 Å². The van der Waals surface area contributed by atoms with E-state index in [9.17, 15) is 13.2 Å². The zero-order valence-corrected chi connectivity index (χ0v) is 11.9. The number of nitrogens with zero attached hydrogens (tertiary/aromatic N) is 1. The number of aryl methyl sites for hydroxylation is 1. The molecule has 2 aliphatic heterocycles. The lowest BCUT2D eigenvalue weighted by Crippen LogP contribution is -2.36. The van der Waals surface area contributed by atoms with Gasteiger partial charge in [-0.25, -0.2) is 8.42 Å². The van der Waals surface area contributed by atoms with Crippen molar-refractivity contribution in [1.29, 1.82) is 0 Å². The molecule has 0 aromatic heterocycles. The highest BCUT2D eigenvalue weighted by Crippen LogP contribution is 2.38. The summed E-state index contributed by atoms with van der Waals surface area (Å²) >= 11 is 0. The second-order valence-electron chi connectivity index (χ2n) is 5.59. The number of amides is 1. The molecule has 2 atom stereocenters. The minimum atomic E-state index is -2.99. The summed E-state index contributed by atoms with van der Waals surface area (Å²) in [7, 11) is -2.99. The Bertz CT molecular complexity index is 651. The molecule has 2 saturated heterocycles. The highest BCUT2D eigenvalue weighted by Gasteiger charge is 2.49. The molecule has 2 aliphatic rings. The first-order chi connectivity index (χ1) is 8.89. The number of benzene rings is 1. The zero-order valence-electron chi connectivity index (χ0n) is 11.1. The second-order valence-corrected chi connectivity index (χ2v) is 7.75. The third-order valence-electron chi connectivity index (χ3n) is 4.31. The molecule has 102 valence electrons. The highest BCUT2D eigenvalue weighted by atomic mass is 32.2. The molecule has 19 heavy (non-hydrogen) atoms. The van der Waals surface area contributed by atoms with Crippen molar-refractivity contribution in [2.24, 2.45) is 5.92 Å². The monoisotopic (exact) mass is 279 g/mol. The molecule has 0 spiro atoms. The number of hydrogen-bond acceptors (Lipinski definition) is 3. The lowest BCUT2D eigenvalue weighted by molar-refractivity contribution is -0.117. The molecule has 5 heteroatoms.